The summed E-state index contributed by atoms with van der Waals surface area (Å²) in [6, 6.07) is 19.9. The van der Waals surface area contributed by atoms with Crippen molar-refractivity contribution in [3.8, 4) is 5.75 Å². The summed E-state index contributed by atoms with van der Waals surface area (Å²) in [5, 5.41) is 14.0. The third kappa shape index (κ3) is 5.45. The van der Waals surface area contributed by atoms with Gasteiger partial charge in [-0.15, -0.1) is 0 Å². The summed E-state index contributed by atoms with van der Waals surface area (Å²) in [4.78, 5) is 26.9. The number of aliphatic imine (C=N–C) groups is 1. The predicted octanol–water partition coefficient (Wildman–Crippen LogP) is 4.25. The van der Waals surface area contributed by atoms with E-state index in [2.05, 4.69) is 10.3 Å². The fourth-order valence-corrected chi connectivity index (χ4v) is 4.64. The molecule has 11 heteroatoms. The van der Waals surface area contributed by atoms with E-state index in [1.165, 1.54) is 30.3 Å². The molecule has 1 amide bonds. The summed E-state index contributed by atoms with van der Waals surface area (Å²) in [5.41, 5.74) is 0.860. The van der Waals surface area contributed by atoms with E-state index in [0.29, 0.717) is 21.3 Å². The van der Waals surface area contributed by atoms with Crippen LogP contribution in [-0.2, 0) is 14.9 Å². The number of amidine groups is 1. The number of rotatable bonds is 6. The molecule has 0 unspecified atom stereocenters. The first-order valence-corrected chi connectivity index (χ1v) is 11.7. The van der Waals surface area contributed by atoms with E-state index in [4.69, 9.17) is 4.18 Å². The van der Waals surface area contributed by atoms with Gasteiger partial charge in [-0.05, 0) is 53.7 Å². The summed E-state index contributed by atoms with van der Waals surface area (Å²) in [6.45, 7) is 0. The van der Waals surface area contributed by atoms with Gasteiger partial charge in [-0.25, -0.2) is 4.99 Å². The minimum absolute atomic E-state index is 0.00237. The number of nitro groups is 1. The van der Waals surface area contributed by atoms with Crippen LogP contribution in [-0.4, -0.2) is 24.4 Å². The van der Waals surface area contributed by atoms with Crippen LogP contribution in [0, 0.1) is 10.1 Å². The number of nitro benzene ring substituents is 1. The number of hydrogen-bond acceptors (Lipinski definition) is 8. The average Bonchev–Trinajstić information content (AvgIpc) is 3.13. The van der Waals surface area contributed by atoms with Gasteiger partial charge in [-0.3, -0.25) is 14.9 Å². The highest BCUT2D eigenvalue weighted by Gasteiger charge is 2.24. The maximum Gasteiger partial charge on any atom is 0.339 e. The van der Waals surface area contributed by atoms with E-state index in [0.717, 1.165) is 17.8 Å². The van der Waals surface area contributed by atoms with Gasteiger partial charge in [0.15, 0.2) is 5.17 Å². The Labute approximate surface area is 193 Å². The minimum Gasteiger partial charge on any atom is -0.379 e. The molecular weight excluding hydrogens is 466 g/mol. The fourth-order valence-electron chi connectivity index (χ4n) is 2.84. The van der Waals surface area contributed by atoms with E-state index in [1.54, 1.807) is 18.2 Å². The first kappa shape index (κ1) is 22.2. The van der Waals surface area contributed by atoms with Gasteiger partial charge < -0.3 is 9.50 Å². The minimum atomic E-state index is -4.30. The van der Waals surface area contributed by atoms with E-state index in [-0.39, 0.29) is 22.2 Å². The van der Waals surface area contributed by atoms with Gasteiger partial charge in [0, 0.05) is 12.1 Å². The Morgan fingerprint density at radius 2 is 1.76 bits per heavy atom. The zero-order chi connectivity index (χ0) is 23.4. The standard InChI is InChI=1S/C22H15N3O6S2/c26-21-20(32-22(24-21)23-16-7-2-1-3-8-16)13-15-6-4-10-18(12-15)31-33(29,30)19-11-5-9-17(14-19)25(27)28/h1-14H,(H,23,24,26)/b20-13-. The first-order valence-electron chi connectivity index (χ1n) is 9.44. The van der Waals surface area contributed by atoms with E-state index < -0.39 is 15.0 Å². The number of benzene rings is 3. The number of nitrogens with zero attached hydrogens (tertiary/aromatic N) is 2. The van der Waals surface area contributed by atoms with Gasteiger partial charge in [0.25, 0.3) is 11.6 Å². The molecule has 9 nitrogen and oxygen atoms in total. The number of thioether (sulfide) groups is 1. The quantitative estimate of drug-likeness (QED) is 0.241. The van der Waals surface area contributed by atoms with E-state index in [1.807, 2.05) is 30.3 Å². The average molecular weight is 482 g/mol. The maximum absolute atomic E-state index is 12.6. The molecular formula is C22H15N3O6S2. The normalized spacial score (nSPS) is 16.1. The van der Waals surface area contributed by atoms with Crippen molar-refractivity contribution in [1.29, 1.82) is 0 Å². The van der Waals surface area contributed by atoms with Gasteiger partial charge in [0.2, 0.25) is 0 Å². The zero-order valence-electron chi connectivity index (χ0n) is 16.7. The number of amides is 1. The van der Waals surface area contributed by atoms with Crippen LogP contribution in [0.2, 0.25) is 0 Å². The molecule has 0 aromatic heterocycles. The molecule has 0 bridgehead atoms. The number of nitrogens with one attached hydrogen (secondary N) is 1. The van der Waals surface area contributed by atoms with Crippen LogP contribution in [0.5, 0.6) is 5.75 Å². The van der Waals surface area contributed by atoms with E-state index in [9.17, 15) is 23.3 Å². The maximum atomic E-state index is 12.6. The smallest absolute Gasteiger partial charge is 0.339 e. The summed E-state index contributed by atoms with van der Waals surface area (Å²) in [5.74, 6) is -0.331. The second-order valence-electron chi connectivity index (χ2n) is 6.68. The third-order valence-corrected chi connectivity index (χ3v) is 6.47. The van der Waals surface area contributed by atoms with Gasteiger partial charge in [0.05, 0.1) is 15.5 Å². The molecule has 166 valence electrons. The zero-order valence-corrected chi connectivity index (χ0v) is 18.4. The predicted molar refractivity (Wildman–Crippen MR) is 125 cm³/mol. The van der Waals surface area contributed by atoms with Crippen molar-refractivity contribution in [1.82, 2.24) is 5.32 Å². The molecule has 4 rings (SSSR count). The topological polar surface area (TPSA) is 128 Å². The van der Waals surface area contributed by atoms with Crippen molar-refractivity contribution >= 4 is 50.4 Å². The highest BCUT2D eigenvalue weighted by molar-refractivity contribution is 8.18. The Balaban J connectivity index is 1.54. The van der Waals surface area contributed by atoms with Crippen molar-refractivity contribution in [2.45, 2.75) is 4.90 Å². The van der Waals surface area contributed by atoms with Crippen LogP contribution in [0.1, 0.15) is 5.56 Å². The molecule has 1 N–H and O–H groups in total. The number of hydrogen-bond donors (Lipinski definition) is 1. The van der Waals surface area contributed by atoms with Crippen molar-refractivity contribution in [2.24, 2.45) is 4.99 Å². The number of para-hydroxylation sites is 1. The van der Waals surface area contributed by atoms with Crippen LogP contribution in [0.25, 0.3) is 6.08 Å². The Morgan fingerprint density at radius 3 is 2.52 bits per heavy atom. The van der Waals surface area contributed by atoms with Gasteiger partial charge in [-0.1, -0.05) is 36.4 Å². The largest absolute Gasteiger partial charge is 0.379 e. The molecule has 0 spiro atoms. The highest BCUT2D eigenvalue weighted by Crippen LogP contribution is 2.29. The Morgan fingerprint density at radius 1 is 1.00 bits per heavy atom. The molecule has 0 aliphatic carbocycles. The lowest BCUT2D eigenvalue weighted by Gasteiger charge is -2.07. The molecule has 1 fully saturated rings. The lowest BCUT2D eigenvalue weighted by Crippen LogP contribution is -2.19. The van der Waals surface area contributed by atoms with Crippen molar-refractivity contribution in [3.63, 3.8) is 0 Å². The SMILES string of the molecule is O=C1NC(=Nc2ccccc2)S/C1=C\c1cccc(OS(=O)(=O)c2cccc([N+](=O)[O-])c2)c1. The lowest BCUT2D eigenvalue weighted by molar-refractivity contribution is -0.385. The van der Waals surface area contributed by atoms with Crippen molar-refractivity contribution < 1.29 is 22.3 Å². The molecule has 1 aliphatic heterocycles. The molecule has 1 aliphatic rings. The molecule has 0 saturated carbocycles. The summed E-state index contributed by atoms with van der Waals surface area (Å²) in [6.07, 6.45) is 1.58. The second-order valence-corrected chi connectivity index (χ2v) is 9.26. The number of carbonyl (C=O) groups is 1. The molecule has 3 aromatic rings. The van der Waals surface area contributed by atoms with Crippen LogP contribution in [0.4, 0.5) is 11.4 Å². The Kier molecular flexibility index (Phi) is 6.24. The van der Waals surface area contributed by atoms with Crippen molar-refractivity contribution in [3.05, 3.63) is 99.4 Å². The van der Waals surface area contributed by atoms with Gasteiger partial charge >= 0.3 is 10.1 Å². The Bertz CT molecular complexity index is 1400. The second kappa shape index (κ2) is 9.27. The van der Waals surface area contributed by atoms with Crippen LogP contribution in [0.3, 0.4) is 0 Å². The summed E-state index contributed by atoms with van der Waals surface area (Å²) < 4.78 is 30.3. The van der Waals surface area contributed by atoms with Crippen molar-refractivity contribution in [2.75, 3.05) is 0 Å². The fraction of sp³-hybridized carbons (Fsp3) is 0. The van der Waals surface area contributed by atoms with Crippen LogP contribution >= 0.6 is 11.8 Å². The number of non-ortho nitro benzene ring substituents is 1. The number of carbonyl (C=O) groups excluding carboxylic acids is 1. The molecule has 1 heterocycles. The molecule has 0 atom stereocenters. The lowest BCUT2D eigenvalue weighted by atomic mass is 10.2. The van der Waals surface area contributed by atoms with Gasteiger partial charge in [-0.2, -0.15) is 8.42 Å². The van der Waals surface area contributed by atoms with Crippen LogP contribution < -0.4 is 9.50 Å². The molecule has 3 aromatic carbocycles. The summed E-state index contributed by atoms with van der Waals surface area (Å²) in [7, 11) is -4.30. The summed E-state index contributed by atoms with van der Waals surface area (Å²) >= 11 is 1.16. The molecule has 0 radical (unpaired) electrons. The first-order chi connectivity index (χ1) is 15.8. The molecule has 1 saturated heterocycles. The monoisotopic (exact) mass is 481 g/mol. The van der Waals surface area contributed by atoms with Gasteiger partial charge in [0.1, 0.15) is 10.6 Å². The van der Waals surface area contributed by atoms with E-state index >= 15 is 0 Å². The third-order valence-electron chi connectivity index (χ3n) is 4.32. The Hall–Kier alpha value is -3.96. The highest BCUT2D eigenvalue weighted by atomic mass is 32.2. The molecule has 33 heavy (non-hydrogen) atoms. The van der Waals surface area contributed by atoms with Crippen LogP contribution in [0.15, 0.2) is 93.7 Å².